The molecule has 0 aromatic heterocycles. The molecule has 3 aliphatic rings. The predicted octanol–water partition coefficient (Wildman–Crippen LogP) is 4.72. The van der Waals surface area contributed by atoms with Crippen LogP contribution in [0.25, 0.3) is 6.08 Å². The minimum atomic E-state index is -1.45. The van der Waals surface area contributed by atoms with Gasteiger partial charge in [-0.2, -0.15) is 0 Å². The van der Waals surface area contributed by atoms with Crippen LogP contribution in [0, 0.1) is 5.41 Å². The first-order chi connectivity index (χ1) is 16.5. The van der Waals surface area contributed by atoms with E-state index in [4.69, 9.17) is 4.74 Å². The van der Waals surface area contributed by atoms with E-state index in [1.807, 2.05) is 65.6 Å². The van der Waals surface area contributed by atoms with Gasteiger partial charge in [0.2, 0.25) is 0 Å². The van der Waals surface area contributed by atoms with Crippen LogP contribution in [0.5, 0.6) is 5.75 Å². The Balaban J connectivity index is 1.69. The number of nitrogens with zero attached hydrogens (tertiary/aromatic N) is 1. The van der Waals surface area contributed by atoms with E-state index < -0.39 is 23.4 Å². The van der Waals surface area contributed by atoms with Crippen LogP contribution in [0.2, 0.25) is 0 Å². The molecular weight excluding hydrogens is 426 g/mol. The van der Waals surface area contributed by atoms with Gasteiger partial charge in [-0.3, -0.25) is 14.4 Å². The Morgan fingerprint density at radius 3 is 2.26 bits per heavy atom. The SMILES string of the molecule is COc1cccc(C2C(C(C)=O)N3c4ccccc4C=CC3C23C(=O)c2ccccc2C3=O)c1. The fourth-order valence-electron chi connectivity index (χ4n) is 6.28. The van der Waals surface area contributed by atoms with Gasteiger partial charge < -0.3 is 9.64 Å². The second-order valence-electron chi connectivity index (χ2n) is 9.15. The third-order valence-electron chi connectivity index (χ3n) is 7.58. The maximum atomic E-state index is 14.3. The normalized spacial score (nSPS) is 23.6. The fraction of sp³-hybridized carbons (Fsp3) is 0.207. The van der Waals surface area contributed by atoms with Crippen LogP contribution in [-0.4, -0.2) is 36.5 Å². The first-order valence-electron chi connectivity index (χ1n) is 11.4. The summed E-state index contributed by atoms with van der Waals surface area (Å²) in [5.74, 6) is -0.580. The summed E-state index contributed by atoms with van der Waals surface area (Å²) in [5.41, 5.74) is 1.97. The Hall–Kier alpha value is -3.99. The Morgan fingerprint density at radius 2 is 1.59 bits per heavy atom. The van der Waals surface area contributed by atoms with Crippen LogP contribution in [0.15, 0.2) is 78.9 Å². The van der Waals surface area contributed by atoms with Crippen LogP contribution in [-0.2, 0) is 4.79 Å². The number of anilines is 1. The van der Waals surface area contributed by atoms with Crippen molar-refractivity contribution in [2.45, 2.75) is 24.9 Å². The van der Waals surface area contributed by atoms with E-state index in [-0.39, 0.29) is 17.3 Å². The topological polar surface area (TPSA) is 63.7 Å². The number of rotatable bonds is 3. The number of hydrogen-bond acceptors (Lipinski definition) is 5. The van der Waals surface area contributed by atoms with Crippen molar-refractivity contribution in [3.63, 3.8) is 0 Å². The van der Waals surface area contributed by atoms with Gasteiger partial charge in [0.1, 0.15) is 11.2 Å². The van der Waals surface area contributed by atoms with Crippen LogP contribution in [0.3, 0.4) is 0 Å². The van der Waals surface area contributed by atoms with E-state index in [0.717, 1.165) is 16.8 Å². The smallest absolute Gasteiger partial charge is 0.180 e. The monoisotopic (exact) mass is 449 g/mol. The number of carbonyl (C=O) groups excluding carboxylic acids is 3. The maximum Gasteiger partial charge on any atom is 0.180 e. The van der Waals surface area contributed by atoms with Crippen LogP contribution < -0.4 is 9.64 Å². The van der Waals surface area contributed by atoms with Gasteiger partial charge in [0.05, 0.1) is 19.2 Å². The second kappa shape index (κ2) is 7.26. The van der Waals surface area contributed by atoms with Crippen molar-refractivity contribution in [1.82, 2.24) is 0 Å². The number of Topliss-reactive ketones (excluding diaryl/α,β-unsaturated/α-hetero) is 3. The molecule has 1 fully saturated rings. The minimum Gasteiger partial charge on any atom is -0.497 e. The zero-order valence-corrected chi connectivity index (χ0v) is 18.9. The van der Waals surface area contributed by atoms with Crippen molar-refractivity contribution in [3.05, 3.63) is 101 Å². The van der Waals surface area contributed by atoms with Gasteiger partial charge in [-0.25, -0.2) is 0 Å². The van der Waals surface area contributed by atoms with E-state index in [0.29, 0.717) is 16.9 Å². The molecule has 3 unspecified atom stereocenters. The maximum absolute atomic E-state index is 14.3. The molecule has 0 saturated carbocycles. The molecule has 2 heterocycles. The molecule has 3 aromatic carbocycles. The zero-order chi connectivity index (χ0) is 23.6. The lowest BCUT2D eigenvalue weighted by Gasteiger charge is -2.37. The highest BCUT2D eigenvalue weighted by molar-refractivity contribution is 6.32. The molecule has 1 spiro atoms. The van der Waals surface area contributed by atoms with Crippen LogP contribution in [0.4, 0.5) is 5.69 Å². The quantitative estimate of drug-likeness (QED) is 0.542. The number of benzene rings is 3. The predicted molar refractivity (Wildman–Crippen MR) is 129 cm³/mol. The molecule has 0 amide bonds. The van der Waals surface area contributed by atoms with Gasteiger partial charge in [-0.05, 0) is 36.2 Å². The molecule has 0 radical (unpaired) electrons. The average molecular weight is 450 g/mol. The largest absolute Gasteiger partial charge is 0.497 e. The molecule has 1 saturated heterocycles. The molecule has 0 bridgehead atoms. The van der Waals surface area contributed by atoms with Crippen molar-refractivity contribution >= 4 is 29.1 Å². The van der Waals surface area contributed by atoms with E-state index in [1.165, 1.54) is 0 Å². The summed E-state index contributed by atoms with van der Waals surface area (Å²) in [4.78, 5) is 43.9. The number of para-hydroxylation sites is 1. The van der Waals surface area contributed by atoms with E-state index >= 15 is 0 Å². The molecule has 2 aliphatic heterocycles. The van der Waals surface area contributed by atoms with Crippen molar-refractivity contribution < 1.29 is 19.1 Å². The number of carbonyl (C=O) groups is 3. The summed E-state index contributed by atoms with van der Waals surface area (Å²) < 4.78 is 5.47. The van der Waals surface area contributed by atoms with Gasteiger partial charge >= 0.3 is 0 Å². The molecule has 3 aromatic rings. The molecule has 5 nitrogen and oxygen atoms in total. The first kappa shape index (κ1) is 20.6. The molecule has 34 heavy (non-hydrogen) atoms. The van der Waals surface area contributed by atoms with Crippen molar-refractivity contribution in [2.24, 2.45) is 5.41 Å². The molecule has 6 rings (SSSR count). The molecular formula is C29H23NO4. The lowest BCUT2D eigenvalue weighted by molar-refractivity contribution is -0.118. The Bertz CT molecular complexity index is 1370. The second-order valence-corrected chi connectivity index (χ2v) is 9.15. The number of hydrogen-bond donors (Lipinski definition) is 0. The Labute approximate surface area is 197 Å². The summed E-state index contributed by atoms with van der Waals surface area (Å²) in [6.07, 6.45) is 3.90. The molecule has 3 atom stereocenters. The van der Waals surface area contributed by atoms with E-state index in [2.05, 4.69) is 0 Å². The standard InChI is InChI=1S/C29H23NO4/c1-17(31)26-25(19-9-7-10-20(16-19)34-2)29(27(32)21-11-4-5-12-22(21)28(29)33)24-15-14-18-8-3-6-13-23(18)30(24)26/h3-16,24-26H,1-2H3. The lowest BCUT2D eigenvalue weighted by Crippen LogP contribution is -2.48. The van der Waals surface area contributed by atoms with Gasteiger partial charge in [0.25, 0.3) is 0 Å². The Kier molecular flexibility index (Phi) is 4.40. The highest BCUT2D eigenvalue weighted by Crippen LogP contribution is 2.60. The summed E-state index contributed by atoms with van der Waals surface area (Å²) in [7, 11) is 1.58. The third kappa shape index (κ3) is 2.47. The van der Waals surface area contributed by atoms with Crippen molar-refractivity contribution in [1.29, 1.82) is 0 Å². The molecule has 168 valence electrons. The molecule has 0 N–H and O–H groups in total. The summed E-state index contributed by atoms with van der Waals surface area (Å²) in [5, 5.41) is 0. The molecule has 1 aliphatic carbocycles. The molecule has 5 heteroatoms. The Morgan fingerprint density at radius 1 is 0.912 bits per heavy atom. The third-order valence-corrected chi connectivity index (χ3v) is 7.58. The average Bonchev–Trinajstić information content (AvgIpc) is 3.31. The van der Waals surface area contributed by atoms with Gasteiger partial charge in [0.15, 0.2) is 17.3 Å². The highest BCUT2D eigenvalue weighted by atomic mass is 16.5. The number of fused-ring (bicyclic) bond motifs is 5. The summed E-state index contributed by atoms with van der Waals surface area (Å²) in [6.45, 7) is 1.55. The van der Waals surface area contributed by atoms with Crippen molar-refractivity contribution in [3.8, 4) is 5.75 Å². The lowest BCUT2D eigenvalue weighted by atomic mass is 9.64. The summed E-state index contributed by atoms with van der Waals surface area (Å²) >= 11 is 0. The zero-order valence-electron chi connectivity index (χ0n) is 18.9. The van der Waals surface area contributed by atoms with Gasteiger partial charge in [-0.15, -0.1) is 0 Å². The van der Waals surface area contributed by atoms with Crippen LogP contribution in [0.1, 0.15) is 44.7 Å². The number of methoxy groups -OCH3 is 1. The van der Waals surface area contributed by atoms with E-state index in [1.54, 1.807) is 38.3 Å². The number of ether oxygens (including phenoxy) is 1. The minimum absolute atomic E-state index is 0.0867. The fourth-order valence-corrected chi connectivity index (χ4v) is 6.28. The van der Waals surface area contributed by atoms with Gasteiger partial charge in [0, 0.05) is 22.7 Å². The highest BCUT2D eigenvalue weighted by Gasteiger charge is 2.71. The number of ketones is 3. The van der Waals surface area contributed by atoms with Gasteiger partial charge in [-0.1, -0.05) is 66.7 Å². The first-order valence-corrected chi connectivity index (χ1v) is 11.4. The summed E-state index contributed by atoms with van der Waals surface area (Å²) in [6, 6.07) is 20.9. The van der Waals surface area contributed by atoms with Crippen molar-refractivity contribution in [2.75, 3.05) is 12.0 Å². The van der Waals surface area contributed by atoms with E-state index in [9.17, 15) is 14.4 Å². The van der Waals surface area contributed by atoms with Crippen LogP contribution >= 0.6 is 0 Å².